The summed E-state index contributed by atoms with van der Waals surface area (Å²) in [5.41, 5.74) is 5.98. The predicted molar refractivity (Wildman–Crippen MR) is 81.0 cm³/mol. The molecular formula is C18H19NO2. The molecule has 0 amide bonds. The molecule has 1 aromatic rings. The zero-order valence-corrected chi connectivity index (χ0v) is 12.4. The molecule has 3 rings (SSSR count). The first-order valence-corrected chi connectivity index (χ1v) is 7.71. The maximum atomic E-state index is 12.3. The van der Waals surface area contributed by atoms with Crippen LogP contribution in [0.3, 0.4) is 0 Å². The van der Waals surface area contributed by atoms with Gasteiger partial charge in [0.2, 0.25) is 0 Å². The van der Waals surface area contributed by atoms with Crippen molar-refractivity contribution in [3.8, 4) is 6.07 Å². The van der Waals surface area contributed by atoms with E-state index in [4.69, 9.17) is 4.74 Å². The lowest BCUT2D eigenvalue weighted by molar-refractivity contribution is 0.0525. The lowest BCUT2D eigenvalue weighted by Crippen LogP contribution is -2.17. The average molecular weight is 281 g/mol. The highest BCUT2D eigenvalue weighted by Gasteiger charge is 2.27. The third kappa shape index (κ3) is 2.35. The lowest BCUT2D eigenvalue weighted by Gasteiger charge is -2.26. The van der Waals surface area contributed by atoms with Crippen LogP contribution in [0.4, 0.5) is 0 Å². The van der Waals surface area contributed by atoms with Gasteiger partial charge in [0.05, 0.1) is 23.8 Å². The molecular weight excluding hydrogens is 262 g/mol. The van der Waals surface area contributed by atoms with E-state index in [0.717, 1.165) is 55.2 Å². The van der Waals surface area contributed by atoms with Crippen molar-refractivity contribution in [2.75, 3.05) is 6.61 Å². The Morgan fingerprint density at radius 1 is 1.29 bits per heavy atom. The molecule has 0 N–H and O–H groups in total. The van der Waals surface area contributed by atoms with E-state index in [2.05, 4.69) is 6.07 Å². The molecule has 3 heteroatoms. The van der Waals surface area contributed by atoms with Crippen LogP contribution in [-0.2, 0) is 24.0 Å². The van der Waals surface area contributed by atoms with E-state index in [-0.39, 0.29) is 5.97 Å². The Bertz CT molecular complexity index is 665. The number of hydrogen-bond acceptors (Lipinski definition) is 3. The zero-order valence-electron chi connectivity index (χ0n) is 12.4. The molecule has 0 bridgehead atoms. The Labute approximate surface area is 125 Å². The minimum atomic E-state index is -0.249. The molecule has 3 nitrogen and oxygen atoms in total. The highest BCUT2D eigenvalue weighted by atomic mass is 16.5. The number of fused-ring (bicyclic) bond motifs is 3. The van der Waals surface area contributed by atoms with Crippen LogP contribution in [0, 0.1) is 11.3 Å². The van der Waals surface area contributed by atoms with Crippen molar-refractivity contribution in [1.82, 2.24) is 0 Å². The summed E-state index contributed by atoms with van der Waals surface area (Å²) in [7, 11) is 0. The fourth-order valence-corrected chi connectivity index (χ4v) is 3.49. The second-order valence-corrected chi connectivity index (χ2v) is 5.61. The van der Waals surface area contributed by atoms with Crippen LogP contribution in [0.2, 0.25) is 0 Å². The zero-order chi connectivity index (χ0) is 14.8. The number of nitrogens with zero attached hydrogens (tertiary/aromatic N) is 1. The minimum Gasteiger partial charge on any atom is -0.462 e. The van der Waals surface area contributed by atoms with Gasteiger partial charge in [0.15, 0.2) is 0 Å². The number of esters is 1. The summed E-state index contributed by atoms with van der Waals surface area (Å²) in [6.07, 6.45) is 7.97. The molecule has 0 heterocycles. The van der Waals surface area contributed by atoms with E-state index >= 15 is 0 Å². The van der Waals surface area contributed by atoms with Crippen LogP contribution in [-0.4, -0.2) is 12.6 Å². The first-order valence-electron chi connectivity index (χ1n) is 7.71. The molecule has 0 unspecified atom stereocenters. The maximum Gasteiger partial charge on any atom is 0.338 e. The molecule has 0 fully saturated rings. The van der Waals surface area contributed by atoms with Crippen LogP contribution in [0.15, 0.2) is 12.1 Å². The van der Waals surface area contributed by atoms with Gasteiger partial charge in [0.25, 0.3) is 0 Å². The largest absolute Gasteiger partial charge is 0.462 e. The lowest BCUT2D eigenvalue weighted by atomic mass is 9.78. The highest BCUT2D eigenvalue weighted by Crippen LogP contribution is 2.37. The van der Waals surface area contributed by atoms with Crippen LogP contribution >= 0.6 is 0 Å². The van der Waals surface area contributed by atoms with Crippen LogP contribution < -0.4 is 0 Å². The van der Waals surface area contributed by atoms with Gasteiger partial charge in [-0.25, -0.2) is 4.79 Å². The minimum absolute atomic E-state index is 0.249. The fourth-order valence-electron chi connectivity index (χ4n) is 3.49. The summed E-state index contributed by atoms with van der Waals surface area (Å²) in [6.45, 7) is 2.20. The first-order chi connectivity index (χ1) is 10.3. The van der Waals surface area contributed by atoms with Crippen LogP contribution in [0.25, 0.3) is 5.57 Å². The molecule has 0 aliphatic heterocycles. The molecule has 0 saturated carbocycles. The number of allylic oxidation sites excluding steroid dienone is 2. The summed E-state index contributed by atoms with van der Waals surface area (Å²) in [5, 5.41) is 9.44. The van der Waals surface area contributed by atoms with Crippen molar-refractivity contribution in [1.29, 1.82) is 5.26 Å². The molecule has 1 aromatic carbocycles. The summed E-state index contributed by atoms with van der Waals surface area (Å²) < 4.78 is 5.21. The van der Waals surface area contributed by atoms with Gasteiger partial charge >= 0.3 is 5.97 Å². The number of benzene rings is 1. The molecule has 21 heavy (non-hydrogen) atoms. The van der Waals surface area contributed by atoms with Gasteiger partial charge in [0.1, 0.15) is 0 Å². The van der Waals surface area contributed by atoms with E-state index in [9.17, 15) is 10.1 Å². The Hall–Kier alpha value is -2.08. The summed E-state index contributed by atoms with van der Waals surface area (Å²) in [4.78, 5) is 12.3. The maximum absolute atomic E-state index is 12.3. The molecule has 2 aliphatic carbocycles. The third-order valence-electron chi connectivity index (χ3n) is 4.39. The van der Waals surface area contributed by atoms with Crippen molar-refractivity contribution in [3.63, 3.8) is 0 Å². The molecule has 0 spiro atoms. The molecule has 0 aromatic heterocycles. The summed E-state index contributed by atoms with van der Waals surface area (Å²) in [5.74, 6) is -0.249. The topological polar surface area (TPSA) is 50.1 Å². The Morgan fingerprint density at radius 2 is 2.10 bits per heavy atom. The second kappa shape index (κ2) is 5.73. The van der Waals surface area contributed by atoms with Crippen molar-refractivity contribution in [2.24, 2.45) is 0 Å². The van der Waals surface area contributed by atoms with Gasteiger partial charge in [-0.05, 0) is 73.8 Å². The smallest absolute Gasteiger partial charge is 0.338 e. The number of carbonyl (C=O) groups is 1. The molecule has 0 radical (unpaired) electrons. The SMILES string of the molecule is CCOC(=O)c1cc2c(c3c1CCC=C3C#N)CCCC2. The molecule has 0 saturated heterocycles. The number of aryl methyl sites for hydroxylation is 1. The predicted octanol–water partition coefficient (Wildman–Crippen LogP) is 3.60. The standard InChI is InChI=1S/C18H19NO2/c1-2-21-18(20)16-10-12-6-3-4-8-14(12)17-13(11-19)7-5-9-15(16)17/h7,10H,2-6,8-9H2,1H3. The van der Waals surface area contributed by atoms with E-state index in [1.165, 1.54) is 11.1 Å². The van der Waals surface area contributed by atoms with Gasteiger partial charge < -0.3 is 4.74 Å². The highest BCUT2D eigenvalue weighted by molar-refractivity contribution is 5.95. The number of ether oxygens (including phenoxy) is 1. The Balaban J connectivity index is 2.22. The van der Waals surface area contributed by atoms with E-state index in [1.807, 2.05) is 19.1 Å². The van der Waals surface area contributed by atoms with Crippen molar-refractivity contribution in [3.05, 3.63) is 40.0 Å². The van der Waals surface area contributed by atoms with E-state index in [1.54, 1.807) is 0 Å². The number of carbonyl (C=O) groups excluding carboxylic acids is 1. The number of rotatable bonds is 2. The van der Waals surface area contributed by atoms with Gasteiger partial charge in [-0.1, -0.05) is 6.08 Å². The average Bonchev–Trinajstić information content (AvgIpc) is 2.53. The quantitative estimate of drug-likeness (QED) is 0.778. The van der Waals surface area contributed by atoms with Gasteiger partial charge in [-0.3, -0.25) is 0 Å². The van der Waals surface area contributed by atoms with Crippen molar-refractivity contribution >= 4 is 11.5 Å². The molecule has 2 aliphatic rings. The normalized spacial score (nSPS) is 16.3. The fraction of sp³-hybridized carbons (Fsp3) is 0.444. The van der Waals surface area contributed by atoms with Crippen LogP contribution in [0.5, 0.6) is 0 Å². The van der Waals surface area contributed by atoms with E-state index < -0.39 is 0 Å². The van der Waals surface area contributed by atoms with Gasteiger partial charge in [0, 0.05) is 0 Å². The van der Waals surface area contributed by atoms with Gasteiger partial charge in [-0.15, -0.1) is 0 Å². The number of nitriles is 1. The molecule has 108 valence electrons. The van der Waals surface area contributed by atoms with E-state index in [0.29, 0.717) is 12.2 Å². The third-order valence-corrected chi connectivity index (χ3v) is 4.39. The summed E-state index contributed by atoms with van der Waals surface area (Å²) >= 11 is 0. The monoisotopic (exact) mass is 281 g/mol. The summed E-state index contributed by atoms with van der Waals surface area (Å²) in [6, 6.07) is 4.34. The molecule has 0 atom stereocenters. The number of hydrogen-bond donors (Lipinski definition) is 0. The first kappa shape index (κ1) is 13.9. The van der Waals surface area contributed by atoms with Crippen molar-refractivity contribution in [2.45, 2.75) is 45.4 Å². The van der Waals surface area contributed by atoms with Gasteiger partial charge in [-0.2, -0.15) is 5.26 Å². The van der Waals surface area contributed by atoms with Crippen molar-refractivity contribution < 1.29 is 9.53 Å². The Morgan fingerprint density at radius 3 is 2.86 bits per heavy atom. The second-order valence-electron chi connectivity index (χ2n) is 5.61. The van der Waals surface area contributed by atoms with Crippen LogP contribution in [0.1, 0.15) is 58.8 Å². The Kier molecular flexibility index (Phi) is 3.79.